The van der Waals surface area contributed by atoms with Crippen molar-refractivity contribution in [2.24, 2.45) is 0 Å². The van der Waals surface area contributed by atoms with Crippen LogP contribution in [0.15, 0.2) is 66.4 Å². The molecule has 1 saturated heterocycles. The van der Waals surface area contributed by atoms with Gasteiger partial charge in [0, 0.05) is 18.8 Å². The number of nitrogens with zero attached hydrogens (tertiary/aromatic N) is 2. The van der Waals surface area contributed by atoms with Gasteiger partial charge >= 0.3 is 0 Å². The van der Waals surface area contributed by atoms with Crippen molar-refractivity contribution in [1.29, 1.82) is 0 Å². The fourth-order valence-electron chi connectivity index (χ4n) is 3.91. The van der Waals surface area contributed by atoms with Gasteiger partial charge in [0.05, 0.1) is 18.2 Å². The van der Waals surface area contributed by atoms with Gasteiger partial charge in [0.25, 0.3) is 11.8 Å². The molecule has 2 aromatic rings. The maximum Gasteiger partial charge on any atom is 0.278 e. The van der Waals surface area contributed by atoms with Gasteiger partial charge in [-0.2, -0.15) is 0 Å². The smallest absolute Gasteiger partial charge is 0.278 e. The normalized spacial score (nSPS) is 19.6. The zero-order chi connectivity index (χ0) is 19.5. The zero-order valence-electron chi connectivity index (χ0n) is 16.0. The molecule has 0 radical (unpaired) electrons. The van der Waals surface area contributed by atoms with Crippen LogP contribution >= 0.6 is 0 Å². The Kier molecular flexibility index (Phi) is 5.26. The van der Waals surface area contributed by atoms with Crippen LogP contribution in [0.1, 0.15) is 25.3 Å². The number of rotatable bonds is 6. The van der Waals surface area contributed by atoms with Crippen molar-refractivity contribution in [2.75, 3.05) is 24.6 Å². The molecule has 0 saturated carbocycles. The van der Waals surface area contributed by atoms with Gasteiger partial charge in [0.15, 0.2) is 0 Å². The minimum atomic E-state index is -0.245. The molecule has 1 unspecified atom stereocenters. The lowest BCUT2D eigenvalue weighted by atomic mass is 10.0. The van der Waals surface area contributed by atoms with Crippen molar-refractivity contribution in [3.8, 4) is 0 Å². The Morgan fingerprint density at radius 1 is 1.00 bits per heavy atom. The Labute approximate surface area is 165 Å². The van der Waals surface area contributed by atoms with Crippen molar-refractivity contribution in [1.82, 2.24) is 4.90 Å². The monoisotopic (exact) mass is 376 g/mol. The third-order valence-electron chi connectivity index (χ3n) is 5.27. The first kappa shape index (κ1) is 18.4. The molecule has 0 N–H and O–H groups in total. The molecule has 4 rings (SSSR count). The number of para-hydroxylation sites is 1. The molecule has 0 spiro atoms. The second-order valence-corrected chi connectivity index (χ2v) is 7.03. The lowest BCUT2D eigenvalue weighted by molar-refractivity contribution is -0.138. The predicted octanol–water partition coefficient (Wildman–Crippen LogP) is 3.47. The summed E-state index contributed by atoms with van der Waals surface area (Å²) >= 11 is 0. The van der Waals surface area contributed by atoms with Crippen LogP contribution in [0.5, 0.6) is 0 Å². The van der Waals surface area contributed by atoms with Gasteiger partial charge in [0.2, 0.25) is 0 Å². The molecule has 0 aromatic heterocycles. The molecule has 28 heavy (non-hydrogen) atoms. The quantitative estimate of drug-likeness (QED) is 0.725. The van der Waals surface area contributed by atoms with E-state index in [1.54, 1.807) is 0 Å². The Morgan fingerprint density at radius 2 is 1.68 bits per heavy atom. The van der Waals surface area contributed by atoms with Crippen LogP contribution in [0.2, 0.25) is 0 Å². The van der Waals surface area contributed by atoms with E-state index in [1.807, 2.05) is 72.5 Å². The van der Waals surface area contributed by atoms with Crippen molar-refractivity contribution < 1.29 is 14.3 Å². The number of ether oxygens (including phenoxy) is 1. The summed E-state index contributed by atoms with van der Waals surface area (Å²) in [7, 11) is 0. The van der Waals surface area contributed by atoms with Gasteiger partial charge in [-0.15, -0.1) is 0 Å². The summed E-state index contributed by atoms with van der Waals surface area (Å²) in [5.41, 5.74) is 2.57. The van der Waals surface area contributed by atoms with Crippen LogP contribution in [-0.4, -0.2) is 42.5 Å². The highest BCUT2D eigenvalue weighted by molar-refractivity contribution is 6.36. The van der Waals surface area contributed by atoms with Crippen molar-refractivity contribution in [3.63, 3.8) is 0 Å². The molecule has 5 heteroatoms. The van der Waals surface area contributed by atoms with Gasteiger partial charge in [-0.25, -0.2) is 0 Å². The molecular formula is C23H24N2O3. The highest BCUT2D eigenvalue weighted by Crippen LogP contribution is 2.34. The number of hydrogen-bond acceptors (Lipinski definition) is 4. The van der Waals surface area contributed by atoms with Crippen LogP contribution in [0, 0.1) is 0 Å². The molecule has 2 aliphatic heterocycles. The molecular weight excluding hydrogens is 352 g/mol. The van der Waals surface area contributed by atoms with E-state index in [4.69, 9.17) is 4.74 Å². The highest BCUT2D eigenvalue weighted by Gasteiger charge is 2.42. The van der Waals surface area contributed by atoms with Crippen molar-refractivity contribution >= 4 is 23.1 Å². The lowest BCUT2D eigenvalue weighted by Gasteiger charge is -2.25. The predicted molar refractivity (Wildman–Crippen MR) is 109 cm³/mol. The largest absolute Gasteiger partial charge is 0.376 e. The van der Waals surface area contributed by atoms with Crippen LogP contribution in [0.3, 0.4) is 0 Å². The molecule has 5 nitrogen and oxygen atoms in total. The van der Waals surface area contributed by atoms with Gasteiger partial charge < -0.3 is 9.64 Å². The third-order valence-corrected chi connectivity index (χ3v) is 5.27. The zero-order valence-corrected chi connectivity index (χ0v) is 16.0. The summed E-state index contributed by atoms with van der Waals surface area (Å²) < 4.78 is 5.68. The molecule has 144 valence electrons. The summed E-state index contributed by atoms with van der Waals surface area (Å²) in [6, 6.07) is 19.2. The maximum absolute atomic E-state index is 13.4. The standard InChI is InChI=1S/C23H24N2O3/c1-2-24(18-12-7-4-8-13-18)21-20(17-10-5-3-6-11-17)22(26)25(23(21)27)16-19-14-9-15-28-19/h3-8,10-13,19H,2,9,14-16H2,1H3. The molecule has 0 bridgehead atoms. The van der Waals surface area contributed by atoms with Gasteiger partial charge in [-0.3, -0.25) is 14.5 Å². The number of benzene rings is 2. The average molecular weight is 376 g/mol. The average Bonchev–Trinajstić information content (AvgIpc) is 3.33. The van der Waals surface area contributed by atoms with Crippen LogP contribution < -0.4 is 4.90 Å². The first-order valence-electron chi connectivity index (χ1n) is 9.80. The fourth-order valence-corrected chi connectivity index (χ4v) is 3.91. The molecule has 2 aliphatic rings. The van der Waals surface area contributed by atoms with Crippen molar-refractivity contribution in [3.05, 3.63) is 71.9 Å². The number of carbonyl (C=O) groups excluding carboxylic acids is 2. The van der Waals surface area contributed by atoms with E-state index < -0.39 is 0 Å². The first-order chi connectivity index (χ1) is 13.7. The van der Waals surface area contributed by atoms with Gasteiger partial charge in [-0.05, 0) is 37.5 Å². The van der Waals surface area contributed by atoms with E-state index in [0.717, 1.165) is 24.1 Å². The summed E-state index contributed by atoms with van der Waals surface area (Å²) in [4.78, 5) is 30.0. The summed E-state index contributed by atoms with van der Waals surface area (Å²) in [6.07, 6.45) is 1.78. The molecule has 1 fully saturated rings. The molecule has 2 heterocycles. The number of carbonyl (C=O) groups is 2. The van der Waals surface area contributed by atoms with E-state index in [9.17, 15) is 9.59 Å². The second kappa shape index (κ2) is 7.98. The van der Waals surface area contributed by atoms with Crippen LogP contribution in [-0.2, 0) is 14.3 Å². The van der Waals surface area contributed by atoms with E-state index >= 15 is 0 Å². The van der Waals surface area contributed by atoms with Crippen LogP contribution in [0.4, 0.5) is 5.69 Å². The molecule has 2 amide bonds. The Morgan fingerprint density at radius 3 is 2.29 bits per heavy atom. The Bertz CT molecular complexity index is 887. The topological polar surface area (TPSA) is 49.9 Å². The van der Waals surface area contributed by atoms with Crippen LogP contribution in [0.25, 0.3) is 5.57 Å². The molecule has 1 atom stereocenters. The van der Waals surface area contributed by atoms with E-state index in [0.29, 0.717) is 31.0 Å². The lowest BCUT2D eigenvalue weighted by Crippen LogP contribution is -2.40. The fraction of sp³-hybridized carbons (Fsp3) is 0.304. The maximum atomic E-state index is 13.4. The SMILES string of the molecule is CCN(C1=C(c2ccccc2)C(=O)N(CC2CCCO2)C1=O)c1ccccc1. The van der Waals surface area contributed by atoms with E-state index in [2.05, 4.69) is 0 Å². The number of imide groups is 1. The number of amides is 2. The number of likely N-dealkylation sites (N-methyl/N-ethyl adjacent to an activating group) is 1. The minimum Gasteiger partial charge on any atom is -0.376 e. The molecule has 2 aromatic carbocycles. The summed E-state index contributed by atoms with van der Waals surface area (Å²) in [5.74, 6) is -0.485. The third kappa shape index (κ3) is 3.34. The van der Waals surface area contributed by atoms with Gasteiger partial charge in [-0.1, -0.05) is 48.5 Å². The van der Waals surface area contributed by atoms with E-state index in [1.165, 1.54) is 4.90 Å². The summed E-state index contributed by atoms with van der Waals surface area (Å²) in [5, 5.41) is 0. The van der Waals surface area contributed by atoms with Gasteiger partial charge in [0.1, 0.15) is 5.70 Å². The highest BCUT2D eigenvalue weighted by atomic mass is 16.5. The minimum absolute atomic E-state index is 0.0731. The van der Waals surface area contributed by atoms with E-state index in [-0.39, 0.29) is 17.9 Å². The second-order valence-electron chi connectivity index (χ2n) is 7.03. The Hall–Kier alpha value is -2.92. The number of hydrogen-bond donors (Lipinski definition) is 0. The summed E-state index contributed by atoms with van der Waals surface area (Å²) in [6.45, 7) is 3.58. The first-order valence-corrected chi connectivity index (χ1v) is 9.80. The van der Waals surface area contributed by atoms with Crippen molar-refractivity contribution in [2.45, 2.75) is 25.9 Å². The Balaban J connectivity index is 1.78. The number of anilines is 1. The molecule has 0 aliphatic carbocycles.